The van der Waals surface area contributed by atoms with Crippen LogP contribution in [-0.4, -0.2) is 17.1 Å². The first-order valence-corrected chi connectivity index (χ1v) is 6.63. The third-order valence-corrected chi connectivity index (χ3v) is 3.79. The number of anilines is 1. The van der Waals surface area contributed by atoms with Gasteiger partial charge in [0, 0.05) is 18.1 Å². The van der Waals surface area contributed by atoms with Crippen LogP contribution in [-0.2, 0) is 0 Å². The van der Waals surface area contributed by atoms with Crippen LogP contribution in [0.3, 0.4) is 0 Å². The fraction of sp³-hybridized carbons (Fsp3) is 0.643. The Labute approximate surface area is 104 Å². The molecular weight excluding hydrogens is 210 g/mol. The minimum atomic E-state index is 0.0158. The second kappa shape index (κ2) is 5.05. The van der Waals surface area contributed by atoms with Crippen molar-refractivity contribution in [1.82, 2.24) is 4.98 Å². The largest absolute Gasteiger partial charge is 0.365 e. The zero-order chi connectivity index (χ0) is 12.4. The van der Waals surface area contributed by atoms with Crippen molar-refractivity contribution in [3.8, 4) is 0 Å². The minimum absolute atomic E-state index is 0.0158. The summed E-state index contributed by atoms with van der Waals surface area (Å²) in [5.74, 6) is 0. The molecule has 2 heterocycles. The zero-order valence-corrected chi connectivity index (χ0v) is 11.1. The maximum atomic E-state index is 5.82. The van der Waals surface area contributed by atoms with Crippen molar-refractivity contribution in [3.05, 3.63) is 24.0 Å². The third-order valence-electron chi connectivity index (χ3n) is 3.79. The van der Waals surface area contributed by atoms with Gasteiger partial charge in [-0.1, -0.05) is 6.92 Å². The smallest absolute Gasteiger partial charge is 0.0569 e. The van der Waals surface area contributed by atoms with Crippen molar-refractivity contribution in [1.29, 1.82) is 0 Å². The lowest BCUT2D eigenvalue weighted by molar-refractivity contribution is 0.626. The van der Waals surface area contributed by atoms with Crippen LogP contribution in [0.2, 0.25) is 0 Å². The van der Waals surface area contributed by atoms with E-state index >= 15 is 0 Å². The number of nitrogens with zero attached hydrogens (tertiary/aromatic N) is 2. The number of hydrogen-bond acceptors (Lipinski definition) is 3. The van der Waals surface area contributed by atoms with Crippen LogP contribution < -0.4 is 10.6 Å². The van der Waals surface area contributed by atoms with E-state index in [1.807, 2.05) is 13.1 Å². The molecule has 1 fully saturated rings. The van der Waals surface area contributed by atoms with E-state index in [1.54, 1.807) is 0 Å². The van der Waals surface area contributed by atoms with E-state index in [2.05, 4.69) is 35.9 Å². The standard InChI is InChI=1S/C14H23N3/c1-4-12-6-5-10(2)17(12)13-7-8-14(11(3)15)16-9-13/h7-12H,4-6,15H2,1-3H3/t10?,11-,12?/m0/s1. The normalized spacial score (nSPS) is 26.2. The van der Waals surface area contributed by atoms with Crippen LogP contribution in [0, 0.1) is 0 Å². The maximum Gasteiger partial charge on any atom is 0.0569 e. The van der Waals surface area contributed by atoms with Gasteiger partial charge >= 0.3 is 0 Å². The van der Waals surface area contributed by atoms with Gasteiger partial charge in [0.25, 0.3) is 0 Å². The van der Waals surface area contributed by atoms with Crippen LogP contribution in [0.15, 0.2) is 18.3 Å². The highest BCUT2D eigenvalue weighted by Gasteiger charge is 2.29. The van der Waals surface area contributed by atoms with E-state index in [9.17, 15) is 0 Å². The number of pyridine rings is 1. The Morgan fingerprint density at radius 1 is 1.47 bits per heavy atom. The molecule has 94 valence electrons. The number of aromatic nitrogens is 1. The quantitative estimate of drug-likeness (QED) is 0.873. The molecule has 1 aromatic heterocycles. The molecule has 2 unspecified atom stereocenters. The van der Waals surface area contributed by atoms with E-state index in [4.69, 9.17) is 5.73 Å². The first-order chi connectivity index (χ1) is 8.13. The van der Waals surface area contributed by atoms with E-state index in [0.29, 0.717) is 12.1 Å². The Balaban J connectivity index is 2.21. The number of rotatable bonds is 3. The van der Waals surface area contributed by atoms with E-state index < -0.39 is 0 Å². The van der Waals surface area contributed by atoms with E-state index in [1.165, 1.54) is 24.9 Å². The molecule has 0 aliphatic carbocycles. The van der Waals surface area contributed by atoms with Crippen molar-refractivity contribution >= 4 is 5.69 Å². The van der Waals surface area contributed by atoms with Gasteiger partial charge in [0.05, 0.1) is 17.6 Å². The van der Waals surface area contributed by atoms with Crippen molar-refractivity contribution in [2.45, 2.75) is 58.2 Å². The Hall–Kier alpha value is -1.09. The molecule has 1 aliphatic rings. The lowest BCUT2D eigenvalue weighted by atomic mass is 10.1. The van der Waals surface area contributed by atoms with Crippen molar-refractivity contribution in [2.75, 3.05) is 4.90 Å². The molecule has 0 spiro atoms. The Kier molecular flexibility index (Phi) is 3.67. The summed E-state index contributed by atoms with van der Waals surface area (Å²) in [7, 11) is 0. The molecule has 3 nitrogen and oxygen atoms in total. The molecule has 2 N–H and O–H groups in total. The highest BCUT2D eigenvalue weighted by atomic mass is 15.2. The lowest BCUT2D eigenvalue weighted by Crippen LogP contribution is -2.34. The van der Waals surface area contributed by atoms with Gasteiger partial charge < -0.3 is 10.6 Å². The summed E-state index contributed by atoms with van der Waals surface area (Å²) in [6.07, 6.45) is 5.77. The minimum Gasteiger partial charge on any atom is -0.365 e. The predicted molar refractivity (Wildman–Crippen MR) is 72.1 cm³/mol. The second-order valence-corrected chi connectivity index (χ2v) is 5.13. The predicted octanol–water partition coefficient (Wildman–Crippen LogP) is 2.87. The molecule has 0 aromatic carbocycles. The summed E-state index contributed by atoms with van der Waals surface area (Å²) in [4.78, 5) is 6.97. The maximum absolute atomic E-state index is 5.82. The van der Waals surface area contributed by atoms with Crippen molar-refractivity contribution in [2.24, 2.45) is 5.73 Å². The van der Waals surface area contributed by atoms with E-state index in [0.717, 1.165) is 5.69 Å². The molecule has 0 saturated carbocycles. The topological polar surface area (TPSA) is 42.1 Å². The molecule has 0 amide bonds. The fourth-order valence-corrected chi connectivity index (χ4v) is 2.76. The van der Waals surface area contributed by atoms with Gasteiger partial charge in [0.15, 0.2) is 0 Å². The monoisotopic (exact) mass is 233 g/mol. The Morgan fingerprint density at radius 3 is 2.76 bits per heavy atom. The van der Waals surface area contributed by atoms with Crippen LogP contribution in [0.5, 0.6) is 0 Å². The molecule has 1 saturated heterocycles. The molecular formula is C14H23N3. The number of nitrogens with two attached hydrogens (primary N) is 1. The molecule has 0 radical (unpaired) electrons. The lowest BCUT2D eigenvalue weighted by Gasteiger charge is -2.30. The summed E-state index contributed by atoms with van der Waals surface area (Å²) in [5, 5.41) is 0. The first-order valence-electron chi connectivity index (χ1n) is 6.63. The van der Waals surface area contributed by atoms with Crippen molar-refractivity contribution < 1.29 is 0 Å². The average molecular weight is 233 g/mol. The second-order valence-electron chi connectivity index (χ2n) is 5.13. The average Bonchev–Trinajstić information content (AvgIpc) is 2.70. The van der Waals surface area contributed by atoms with Gasteiger partial charge in [-0.3, -0.25) is 4.98 Å². The fourth-order valence-electron chi connectivity index (χ4n) is 2.76. The van der Waals surface area contributed by atoms with Gasteiger partial charge in [-0.25, -0.2) is 0 Å². The van der Waals surface area contributed by atoms with E-state index in [-0.39, 0.29) is 6.04 Å². The SMILES string of the molecule is CCC1CCC(C)N1c1ccc([C@H](C)N)nc1. The van der Waals surface area contributed by atoms with Gasteiger partial charge in [0.2, 0.25) is 0 Å². The molecule has 17 heavy (non-hydrogen) atoms. The summed E-state index contributed by atoms with van der Waals surface area (Å²) in [5.41, 5.74) is 8.03. The summed E-state index contributed by atoms with van der Waals surface area (Å²) in [6.45, 7) is 6.53. The first kappa shape index (κ1) is 12.4. The summed E-state index contributed by atoms with van der Waals surface area (Å²) in [6, 6.07) is 5.53. The third kappa shape index (κ3) is 2.44. The van der Waals surface area contributed by atoms with Gasteiger partial charge in [-0.05, 0) is 45.2 Å². The van der Waals surface area contributed by atoms with Crippen molar-refractivity contribution in [3.63, 3.8) is 0 Å². The molecule has 0 bridgehead atoms. The van der Waals surface area contributed by atoms with Crippen LogP contribution in [0.25, 0.3) is 0 Å². The van der Waals surface area contributed by atoms with Crippen LogP contribution in [0.1, 0.15) is 51.8 Å². The molecule has 1 aromatic rings. The van der Waals surface area contributed by atoms with Crippen LogP contribution >= 0.6 is 0 Å². The van der Waals surface area contributed by atoms with Crippen LogP contribution in [0.4, 0.5) is 5.69 Å². The molecule has 3 atom stereocenters. The number of hydrogen-bond donors (Lipinski definition) is 1. The van der Waals surface area contributed by atoms with Gasteiger partial charge in [-0.2, -0.15) is 0 Å². The van der Waals surface area contributed by atoms with Gasteiger partial charge in [-0.15, -0.1) is 0 Å². The molecule has 3 heteroatoms. The summed E-state index contributed by atoms with van der Waals surface area (Å²) < 4.78 is 0. The highest BCUT2D eigenvalue weighted by molar-refractivity contribution is 5.48. The Bertz CT molecular complexity index is 358. The summed E-state index contributed by atoms with van der Waals surface area (Å²) >= 11 is 0. The van der Waals surface area contributed by atoms with Gasteiger partial charge in [0.1, 0.15) is 0 Å². The molecule has 1 aliphatic heterocycles. The highest BCUT2D eigenvalue weighted by Crippen LogP contribution is 2.31. The zero-order valence-electron chi connectivity index (χ0n) is 11.1. The Morgan fingerprint density at radius 2 is 2.24 bits per heavy atom. The molecule has 2 rings (SSSR count).